The Morgan fingerprint density at radius 2 is 1.76 bits per heavy atom. The summed E-state index contributed by atoms with van der Waals surface area (Å²) in [4.78, 5) is 42.2. The molecule has 0 spiro atoms. The molecular weight excluding hydrogens is 320 g/mol. The summed E-state index contributed by atoms with van der Waals surface area (Å²) in [5, 5.41) is 3.71. The number of carbonyl (C=O) groups excluding carboxylic acids is 3. The van der Waals surface area contributed by atoms with Gasteiger partial charge in [0, 0.05) is 50.2 Å². The van der Waals surface area contributed by atoms with Crippen LogP contribution in [0.25, 0.3) is 10.9 Å². The van der Waals surface area contributed by atoms with E-state index in [1.807, 2.05) is 30.5 Å². The van der Waals surface area contributed by atoms with Gasteiger partial charge in [0.05, 0.1) is 13.0 Å². The molecule has 1 aromatic carbocycles. The molecule has 1 aliphatic heterocycles. The maximum Gasteiger partial charge on any atom is 0.242 e. The number of carbonyl (C=O) groups is 3. The van der Waals surface area contributed by atoms with Gasteiger partial charge in [-0.25, -0.2) is 0 Å². The molecule has 3 amide bonds. The summed E-state index contributed by atoms with van der Waals surface area (Å²) in [6.07, 6.45) is 2.06. The molecule has 3 rings (SSSR count). The highest BCUT2D eigenvalue weighted by Crippen LogP contribution is 2.17. The predicted octanol–water partition coefficient (Wildman–Crippen LogP) is 0.517. The summed E-state index contributed by atoms with van der Waals surface area (Å²) in [7, 11) is 0. The number of benzene rings is 1. The summed E-state index contributed by atoms with van der Waals surface area (Å²) >= 11 is 0. The third-order valence-corrected chi connectivity index (χ3v) is 4.54. The Hall–Kier alpha value is -2.83. The Labute approximate surface area is 146 Å². The number of fused-ring (bicyclic) bond motifs is 1. The van der Waals surface area contributed by atoms with Crippen LogP contribution in [0.15, 0.2) is 30.5 Å². The zero-order chi connectivity index (χ0) is 17.8. The summed E-state index contributed by atoms with van der Waals surface area (Å²) in [5.41, 5.74) is 1.90. The molecule has 0 atom stereocenters. The second-order valence-electron chi connectivity index (χ2n) is 6.20. The molecule has 2 heterocycles. The first-order valence-corrected chi connectivity index (χ1v) is 8.39. The van der Waals surface area contributed by atoms with E-state index in [9.17, 15) is 14.4 Å². The molecular formula is C18H22N4O3. The SMILES string of the molecule is CC(=O)N1CCN(C(=O)CNC(=O)Cc2c[nH]c3ccccc23)CC1. The van der Waals surface area contributed by atoms with Gasteiger partial charge < -0.3 is 20.1 Å². The molecule has 1 saturated heterocycles. The average Bonchev–Trinajstić information content (AvgIpc) is 3.03. The Balaban J connectivity index is 1.47. The predicted molar refractivity (Wildman–Crippen MR) is 93.8 cm³/mol. The van der Waals surface area contributed by atoms with E-state index in [1.54, 1.807) is 9.80 Å². The molecule has 25 heavy (non-hydrogen) atoms. The first-order valence-electron chi connectivity index (χ1n) is 8.39. The fraction of sp³-hybridized carbons (Fsp3) is 0.389. The average molecular weight is 342 g/mol. The van der Waals surface area contributed by atoms with Crippen LogP contribution in [0.5, 0.6) is 0 Å². The molecule has 0 aliphatic carbocycles. The minimum atomic E-state index is -0.180. The number of amides is 3. The van der Waals surface area contributed by atoms with Crippen molar-refractivity contribution in [1.29, 1.82) is 0 Å². The number of aromatic amines is 1. The van der Waals surface area contributed by atoms with Crippen LogP contribution in [0.2, 0.25) is 0 Å². The summed E-state index contributed by atoms with van der Waals surface area (Å²) in [5.74, 6) is -0.268. The van der Waals surface area contributed by atoms with E-state index in [4.69, 9.17) is 0 Å². The normalized spacial score (nSPS) is 14.6. The maximum absolute atomic E-state index is 12.2. The lowest BCUT2D eigenvalue weighted by Crippen LogP contribution is -2.52. The Morgan fingerprint density at radius 3 is 2.48 bits per heavy atom. The van der Waals surface area contributed by atoms with Gasteiger partial charge in [-0.15, -0.1) is 0 Å². The fourth-order valence-electron chi connectivity index (χ4n) is 3.07. The lowest BCUT2D eigenvalue weighted by Gasteiger charge is -2.34. The highest BCUT2D eigenvalue weighted by atomic mass is 16.2. The highest BCUT2D eigenvalue weighted by Gasteiger charge is 2.22. The molecule has 0 bridgehead atoms. The molecule has 7 nitrogen and oxygen atoms in total. The number of para-hydroxylation sites is 1. The van der Waals surface area contributed by atoms with Gasteiger partial charge in [0.1, 0.15) is 0 Å². The minimum absolute atomic E-state index is 0.0126. The van der Waals surface area contributed by atoms with Crippen LogP contribution >= 0.6 is 0 Å². The van der Waals surface area contributed by atoms with Crippen LogP contribution < -0.4 is 5.32 Å². The van der Waals surface area contributed by atoms with Gasteiger partial charge in [0.25, 0.3) is 0 Å². The third-order valence-electron chi connectivity index (χ3n) is 4.54. The third kappa shape index (κ3) is 3.99. The molecule has 0 saturated carbocycles. The molecule has 1 aliphatic rings. The zero-order valence-electron chi connectivity index (χ0n) is 14.2. The van der Waals surface area contributed by atoms with Gasteiger partial charge in [-0.1, -0.05) is 18.2 Å². The van der Waals surface area contributed by atoms with Crippen LogP contribution in [0.1, 0.15) is 12.5 Å². The minimum Gasteiger partial charge on any atom is -0.361 e. The van der Waals surface area contributed by atoms with Crippen LogP contribution in [0.4, 0.5) is 0 Å². The molecule has 7 heteroatoms. The quantitative estimate of drug-likeness (QED) is 0.849. The van der Waals surface area contributed by atoms with Gasteiger partial charge in [0.15, 0.2) is 0 Å². The van der Waals surface area contributed by atoms with E-state index < -0.39 is 0 Å². The maximum atomic E-state index is 12.2. The van der Waals surface area contributed by atoms with Crippen LogP contribution in [-0.2, 0) is 20.8 Å². The summed E-state index contributed by atoms with van der Waals surface area (Å²) in [6, 6.07) is 7.80. The number of H-pyrrole nitrogens is 1. The molecule has 2 N–H and O–H groups in total. The molecule has 1 fully saturated rings. The van der Waals surface area contributed by atoms with Gasteiger partial charge in [-0.2, -0.15) is 0 Å². The van der Waals surface area contributed by atoms with E-state index >= 15 is 0 Å². The number of rotatable bonds is 4. The largest absolute Gasteiger partial charge is 0.361 e. The first-order chi connectivity index (χ1) is 12.0. The zero-order valence-corrected chi connectivity index (χ0v) is 14.2. The van der Waals surface area contributed by atoms with Crippen molar-refractivity contribution in [1.82, 2.24) is 20.1 Å². The van der Waals surface area contributed by atoms with Crippen molar-refractivity contribution in [2.45, 2.75) is 13.3 Å². The van der Waals surface area contributed by atoms with Crippen molar-refractivity contribution >= 4 is 28.6 Å². The van der Waals surface area contributed by atoms with Crippen molar-refractivity contribution in [2.24, 2.45) is 0 Å². The van der Waals surface area contributed by atoms with Gasteiger partial charge in [-0.3, -0.25) is 14.4 Å². The number of nitrogens with one attached hydrogen (secondary N) is 2. The first kappa shape index (κ1) is 17.0. The fourth-order valence-corrected chi connectivity index (χ4v) is 3.07. The monoisotopic (exact) mass is 342 g/mol. The Bertz CT molecular complexity index is 790. The smallest absolute Gasteiger partial charge is 0.242 e. The number of hydrogen-bond donors (Lipinski definition) is 2. The van der Waals surface area contributed by atoms with E-state index in [0.29, 0.717) is 26.2 Å². The standard InChI is InChI=1S/C18H22N4O3/c1-13(23)21-6-8-22(9-7-21)18(25)12-20-17(24)10-14-11-19-16-5-3-2-4-15(14)16/h2-5,11,19H,6-10,12H2,1H3,(H,20,24). The van der Waals surface area contributed by atoms with Crippen molar-refractivity contribution < 1.29 is 14.4 Å². The van der Waals surface area contributed by atoms with Crippen molar-refractivity contribution in [2.75, 3.05) is 32.7 Å². The van der Waals surface area contributed by atoms with Gasteiger partial charge in [-0.05, 0) is 11.6 Å². The second-order valence-corrected chi connectivity index (χ2v) is 6.20. The lowest BCUT2D eigenvalue weighted by atomic mass is 10.1. The van der Waals surface area contributed by atoms with Crippen LogP contribution in [0.3, 0.4) is 0 Å². The van der Waals surface area contributed by atoms with Gasteiger partial charge >= 0.3 is 0 Å². The number of aromatic nitrogens is 1. The summed E-state index contributed by atoms with van der Waals surface area (Å²) in [6.45, 7) is 3.63. The van der Waals surface area contributed by atoms with E-state index in [0.717, 1.165) is 16.5 Å². The van der Waals surface area contributed by atoms with Crippen LogP contribution in [-0.4, -0.2) is 65.2 Å². The van der Waals surface area contributed by atoms with Crippen molar-refractivity contribution in [3.05, 3.63) is 36.0 Å². The Morgan fingerprint density at radius 1 is 1.08 bits per heavy atom. The molecule has 0 radical (unpaired) electrons. The lowest BCUT2D eigenvalue weighted by molar-refractivity contribution is -0.138. The molecule has 2 aromatic rings. The van der Waals surface area contributed by atoms with E-state index in [-0.39, 0.29) is 30.7 Å². The highest BCUT2D eigenvalue weighted by molar-refractivity contribution is 5.90. The molecule has 1 aromatic heterocycles. The molecule has 0 unspecified atom stereocenters. The van der Waals surface area contributed by atoms with Gasteiger partial charge in [0.2, 0.25) is 17.7 Å². The topological polar surface area (TPSA) is 85.5 Å². The number of piperazine rings is 1. The number of hydrogen-bond acceptors (Lipinski definition) is 3. The number of nitrogens with zero attached hydrogens (tertiary/aromatic N) is 2. The second kappa shape index (κ2) is 7.38. The van der Waals surface area contributed by atoms with E-state index in [1.165, 1.54) is 6.92 Å². The van der Waals surface area contributed by atoms with Crippen LogP contribution in [0, 0.1) is 0 Å². The Kier molecular flexibility index (Phi) is 5.02. The summed E-state index contributed by atoms with van der Waals surface area (Å²) < 4.78 is 0. The van der Waals surface area contributed by atoms with Crippen molar-refractivity contribution in [3.63, 3.8) is 0 Å². The molecule has 132 valence electrons. The van der Waals surface area contributed by atoms with E-state index in [2.05, 4.69) is 10.3 Å². The van der Waals surface area contributed by atoms with Crippen molar-refractivity contribution in [3.8, 4) is 0 Å².